The number of anilines is 1. The van der Waals surface area contributed by atoms with Crippen LogP contribution in [0.2, 0.25) is 0 Å². The van der Waals surface area contributed by atoms with Crippen molar-refractivity contribution in [1.82, 2.24) is 19.6 Å². The summed E-state index contributed by atoms with van der Waals surface area (Å²) >= 11 is 0. The third-order valence-electron chi connectivity index (χ3n) is 6.56. The highest BCUT2D eigenvalue weighted by atomic mass is 16.1. The van der Waals surface area contributed by atoms with E-state index < -0.39 is 0 Å². The first-order valence-electron chi connectivity index (χ1n) is 11.1. The highest BCUT2D eigenvalue weighted by molar-refractivity contribution is 6.04. The molecule has 0 spiro atoms. The molecule has 1 atom stereocenters. The number of aromatic nitrogens is 2. The zero-order valence-electron chi connectivity index (χ0n) is 19.0. The summed E-state index contributed by atoms with van der Waals surface area (Å²) in [4.78, 5) is 18.1. The monoisotopic (exact) mass is 409 g/mol. The number of aryl methyl sites for hydroxylation is 2. The Morgan fingerprint density at radius 2 is 1.83 bits per heavy atom. The Morgan fingerprint density at radius 1 is 1.10 bits per heavy atom. The van der Waals surface area contributed by atoms with Crippen molar-refractivity contribution < 1.29 is 4.79 Å². The van der Waals surface area contributed by atoms with E-state index in [1.807, 2.05) is 19.2 Å². The second-order valence-corrected chi connectivity index (χ2v) is 9.90. The van der Waals surface area contributed by atoms with Gasteiger partial charge in [0.25, 0.3) is 5.91 Å². The van der Waals surface area contributed by atoms with Crippen LogP contribution in [0.4, 0.5) is 5.82 Å². The van der Waals surface area contributed by atoms with Crippen LogP contribution >= 0.6 is 0 Å². The van der Waals surface area contributed by atoms with Gasteiger partial charge in [0.2, 0.25) is 0 Å². The van der Waals surface area contributed by atoms with Gasteiger partial charge in [0.1, 0.15) is 5.82 Å². The van der Waals surface area contributed by atoms with Gasteiger partial charge in [-0.2, -0.15) is 5.10 Å². The van der Waals surface area contributed by atoms with Crippen LogP contribution in [0.15, 0.2) is 24.3 Å². The van der Waals surface area contributed by atoms with E-state index in [1.165, 1.54) is 24.0 Å². The zero-order valence-corrected chi connectivity index (χ0v) is 19.0. The van der Waals surface area contributed by atoms with Gasteiger partial charge < -0.3 is 10.2 Å². The van der Waals surface area contributed by atoms with Crippen molar-refractivity contribution in [2.75, 3.05) is 38.5 Å². The smallest absolute Gasteiger partial charge is 0.256 e. The van der Waals surface area contributed by atoms with Gasteiger partial charge in [-0.3, -0.25) is 14.4 Å². The summed E-state index contributed by atoms with van der Waals surface area (Å²) in [5.74, 6) is 0.669. The third-order valence-corrected chi connectivity index (χ3v) is 6.56. The molecule has 2 aliphatic rings. The van der Waals surface area contributed by atoms with E-state index in [2.05, 4.69) is 60.2 Å². The van der Waals surface area contributed by atoms with Gasteiger partial charge in [0.15, 0.2) is 0 Å². The van der Waals surface area contributed by atoms with Gasteiger partial charge in [-0.1, -0.05) is 26.8 Å². The summed E-state index contributed by atoms with van der Waals surface area (Å²) in [7, 11) is 4.07. The maximum absolute atomic E-state index is 13.1. The van der Waals surface area contributed by atoms with Crippen molar-refractivity contribution in [1.29, 1.82) is 0 Å². The molecule has 1 fully saturated rings. The molecule has 1 aliphatic carbocycles. The number of rotatable bonds is 3. The molecule has 0 saturated carbocycles. The Bertz CT molecular complexity index is 918. The van der Waals surface area contributed by atoms with Crippen LogP contribution in [0.5, 0.6) is 0 Å². The van der Waals surface area contributed by atoms with Crippen LogP contribution in [0.25, 0.3) is 0 Å². The molecule has 1 aromatic heterocycles. The van der Waals surface area contributed by atoms with E-state index in [-0.39, 0.29) is 11.3 Å². The summed E-state index contributed by atoms with van der Waals surface area (Å²) in [6, 6.07) is 8.68. The molecule has 0 radical (unpaired) electrons. The molecule has 2 aromatic rings. The quantitative estimate of drug-likeness (QED) is 0.842. The minimum Gasteiger partial charge on any atom is -0.307 e. The van der Waals surface area contributed by atoms with Crippen LogP contribution in [0.3, 0.4) is 0 Å². The Balaban J connectivity index is 1.55. The van der Waals surface area contributed by atoms with Crippen molar-refractivity contribution in [3.8, 4) is 0 Å². The van der Waals surface area contributed by atoms with Crippen LogP contribution in [0.1, 0.15) is 66.8 Å². The van der Waals surface area contributed by atoms with Crippen molar-refractivity contribution in [2.24, 2.45) is 7.05 Å². The molecular weight excluding hydrogens is 374 g/mol. The van der Waals surface area contributed by atoms with Crippen molar-refractivity contribution in [2.45, 2.75) is 51.5 Å². The SMILES string of the molecule is CN1CCN(C2CCCc3ccc(C(=O)Nc4cc(C(C)(C)C)nn4C)cc32)CC1. The van der Waals surface area contributed by atoms with Crippen molar-refractivity contribution in [3.05, 3.63) is 46.6 Å². The third kappa shape index (κ3) is 4.30. The minimum absolute atomic E-state index is 0.0533. The molecule has 1 saturated heterocycles. The molecular formula is C24H35N5O. The van der Waals surface area contributed by atoms with E-state index in [0.717, 1.165) is 49.7 Å². The molecule has 1 unspecified atom stereocenters. The summed E-state index contributed by atoms with van der Waals surface area (Å²) in [6.45, 7) is 10.8. The topological polar surface area (TPSA) is 53.4 Å². The molecule has 1 amide bonds. The fourth-order valence-corrected chi connectivity index (χ4v) is 4.57. The van der Waals surface area contributed by atoms with Gasteiger partial charge >= 0.3 is 0 Å². The van der Waals surface area contributed by atoms with Crippen LogP contribution in [-0.4, -0.2) is 58.7 Å². The van der Waals surface area contributed by atoms with Crippen molar-refractivity contribution in [3.63, 3.8) is 0 Å². The standard InChI is InChI=1S/C24H35N5O/c1-24(2,3)21-16-22(28(5)26-21)25-23(30)18-10-9-17-7-6-8-20(19(17)15-18)29-13-11-27(4)12-14-29/h9-10,15-16,20H,6-8,11-14H2,1-5H3,(H,25,30). The Hall–Kier alpha value is -2.18. The van der Waals surface area contributed by atoms with E-state index in [9.17, 15) is 4.79 Å². The van der Waals surface area contributed by atoms with Gasteiger partial charge in [-0.05, 0) is 49.6 Å². The highest BCUT2D eigenvalue weighted by Crippen LogP contribution is 2.35. The maximum atomic E-state index is 13.1. The predicted molar refractivity (Wildman–Crippen MR) is 121 cm³/mol. The molecule has 6 nitrogen and oxygen atoms in total. The van der Waals surface area contributed by atoms with E-state index in [1.54, 1.807) is 4.68 Å². The first-order valence-corrected chi connectivity index (χ1v) is 11.1. The van der Waals surface area contributed by atoms with Crippen molar-refractivity contribution >= 4 is 11.7 Å². The lowest BCUT2D eigenvalue weighted by Gasteiger charge is -2.40. The lowest BCUT2D eigenvalue weighted by atomic mass is 9.85. The summed E-state index contributed by atoms with van der Waals surface area (Å²) in [5, 5.41) is 7.64. The van der Waals surface area contributed by atoms with Crippen LogP contribution in [-0.2, 0) is 18.9 Å². The molecule has 1 N–H and O–H groups in total. The Labute approximate surface area is 180 Å². The average Bonchev–Trinajstić information content (AvgIpc) is 3.08. The number of nitrogens with one attached hydrogen (secondary N) is 1. The second-order valence-electron chi connectivity index (χ2n) is 9.90. The highest BCUT2D eigenvalue weighted by Gasteiger charge is 2.29. The summed E-state index contributed by atoms with van der Waals surface area (Å²) < 4.78 is 1.75. The number of piperazine rings is 1. The van der Waals surface area contributed by atoms with Gasteiger partial charge in [-0.15, -0.1) is 0 Å². The molecule has 1 aromatic carbocycles. The first-order chi connectivity index (χ1) is 14.2. The lowest BCUT2D eigenvalue weighted by Crippen LogP contribution is -2.46. The number of amides is 1. The number of likely N-dealkylation sites (N-methyl/N-ethyl adjacent to an activating group) is 1. The molecule has 6 heteroatoms. The Kier molecular flexibility index (Phi) is 5.73. The predicted octanol–water partition coefficient (Wildman–Crippen LogP) is 3.59. The van der Waals surface area contributed by atoms with E-state index in [0.29, 0.717) is 6.04 Å². The van der Waals surface area contributed by atoms with Gasteiger partial charge in [0, 0.05) is 56.3 Å². The molecule has 1 aliphatic heterocycles. The normalized spacial score (nSPS) is 20.8. The summed E-state index contributed by atoms with van der Waals surface area (Å²) in [5.41, 5.74) is 4.40. The second kappa shape index (κ2) is 8.16. The average molecular weight is 410 g/mol. The number of fused-ring (bicyclic) bond motifs is 1. The zero-order chi connectivity index (χ0) is 21.5. The summed E-state index contributed by atoms with van der Waals surface area (Å²) in [6.07, 6.45) is 3.51. The molecule has 0 bridgehead atoms. The van der Waals surface area contributed by atoms with Gasteiger partial charge in [0.05, 0.1) is 5.69 Å². The fourth-order valence-electron chi connectivity index (χ4n) is 4.57. The number of nitrogens with zero attached hydrogens (tertiary/aromatic N) is 4. The van der Waals surface area contributed by atoms with Gasteiger partial charge in [-0.25, -0.2) is 0 Å². The molecule has 4 rings (SSSR count). The molecule has 30 heavy (non-hydrogen) atoms. The minimum atomic E-state index is -0.0658. The largest absolute Gasteiger partial charge is 0.307 e. The maximum Gasteiger partial charge on any atom is 0.256 e. The van der Waals surface area contributed by atoms with E-state index >= 15 is 0 Å². The van der Waals surface area contributed by atoms with Crippen LogP contribution in [0, 0.1) is 0 Å². The molecule has 2 heterocycles. The number of hydrogen-bond donors (Lipinski definition) is 1. The number of carbonyl (C=O) groups excluding carboxylic acids is 1. The number of carbonyl (C=O) groups is 1. The molecule has 162 valence electrons. The Morgan fingerprint density at radius 3 is 2.50 bits per heavy atom. The number of benzene rings is 1. The fraction of sp³-hybridized carbons (Fsp3) is 0.583. The van der Waals surface area contributed by atoms with E-state index in [4.69, 9.17) is 0 Å². The number of hydrogen-bond acceptors (Lipinski definition) is 4. The first kappa shape index (κ1) is 21.1. The lowest BCUT2D eigenvalue weighted by molar-refractivity contribution is 0.101. The van der Waals surface area contributed by atoms with Crippen LogP contribution < -0.4 is 5.32 Å².